The Hall–Kier alpha value is -1.71. The summed E-state index contributed by atoms with van der Waals surface area (Å²) in [6, 6.07) is 5.77. The first-order valence-electron chi connectivity index (χ1n) is 6.91. The maximum Gasteiger partial charge on any atom is 0.337 e. The van der Waals surface area contributed by atoms with Crippen LogP contribution < -0.4 is 11.1 Å². The van der Waals surface area contributed by atoms with Crippen molar-refractivity contribution in [1.82, 2.24) is 0 Å². The highest BCUT2D eigenvalue weighted by Gasteiger charge is 2.39. The van der Waals surface area contributed by atoms with Gasteiger partial charge in [-0.05, 0) is 49.3 Å². The van der Waals surface area contributed by atoms with E-state index in [-0.39, 0.29) is 5.97 Å². The lowest BCUT2D eigenvalue weighted by Crippen LogP contribution is -2.26. The van der Waals surface area contributed by atoms with Crippen LogP contribution in [0.25, 0.3) is 0 Å². The smallest absolute Gasteiger partial charge is 0.337 e. The fourth-order valence-corrected chi connectivity index (χ4v) is 3.55. The summed E-state index contributed by atoms with van der Waals surface area (Å²) in [5, 5.41) is 3.53. The van der Waals surface area contributed by atoms with Crippen LogP contribution in [0.3, 0.4) is 0 Å². The van der Waals surface area contributed by atoms with E-state index >= 15 is 0 Å². The molecule has 102 valence electrons. The van der Waals surface area contributed by atoms with Gasteiger partial charge in [-0.3, -0.25) is 0 Å². The molecule has 2 aliphatic carbocycles. The standard InChI is InChI=1S/C15H20N2O2/c1-19-15(18)11-4-5-12(16)14(8-11)17-13-7-9-2-3-10(13)6-9/h4-5,8-10,13,17H,2-3,6-7,16H2,1H3. The number of ether oxygens (including phenoxy) is 1. The third kappa shape index (κ3) is 2.27. The van der Waals surface area contributed by atoms with E-state index in [9.17, 15) is 4.79 Å². The predicted molar refractivity (Wildman–Crippen MR) is 75.1 cm³/mol. The molecule has 1 aromatic carbocycles. The zero-order valence-corrected chi connectivity index (χ0v) is 11.2. The summed E-state index contributed by atoms with van der Waals surface area (Å²) < 4.78 is 4.74. The Labute approximate surface area is 113 Å². The van der Waals surface area contributed by atoms with Gasteiger partial charge in [-0.15, -0.1) is 0 Å². The Morgan fingerprint density at radius 3 is 2.84 bits per heavy atom. The Kier molecular flexibility index (Phi) is 3.09. The van der Waals surface area contributed by atoms with Crippen LogP contribution in [0.4, 0.5) is 11.4 Å². The van der Waals surface area contributed by atoms with Crippen LogP contribution in [0, 0.1) is 11.8 Å². The molecule has 4 heteroatoms. The molecule has 0 aliphatic heterocycles. The minimum atomic E-state index is -0.323. The first kappa shape index (κ1) is 12.3. The van der Waals surface area contributed by atoms with Gasteiger partial charge in [0.05, 0.1) is 24.0 Å². The van der Waals surface area contributed by atoms with Crippen molar-refractivity contribution in [1.29, 1.82) is 0 Å². The molecule has 2 aliphatic rings. The second-order valence-corrected chi connectivity index (χ2v) is 5.72. The summed E-state index contributed by atoms with van der Waals surface area (Å²) in [6.45, 7) is 0. The van der Waals surface area contributed by atoms with E-state index in [0.29, 0.717) is 17.3 Å². The molecule has 2 bridgehead atoms. The number of hydrogen-bond donors (Lipinski definition) is 2. The van der Waals surface area contributed by atoms with Crippen LogP contribution in [-0.2, 0) is 4.74 Å². The molecule has 3 atom stereocenters. The Bertz CT molecular complexity index is 501. The molecule has 0 radical (unpaired) electrons. The molecule has 0 aromatic heterocycles. The highest BCUT2D eigenvalue weighted by atomic mass is 16.5. The van der Waals surface area contributed by atoms with Crippen LogP contribution in [0.2, 0.25) is 0 Å². The topological polar surface area (TPSA) is 64.3 Å². The van der Waals surface area contributed by atoms with Crippen LogP contribution in [-0.4, -0.2) is 19.1 Å². The third-order valence-corrected chi connectivity index (χ3v) is 4.55. The predicted octanol–water partition coefficient (Wildman–Crippen LogP) is 2.66. The normalized spacial score (nSPS) is 28.4. The quantitative estimate of drug-likeness (QED) is 0.648. The molecule has 0 spiro atoms. The molecule has 2 saturated carbocycles. The second-order valence-electron chi connectivity index (χ2n) is 5.72. The largest absolute Gasteiger partial charge is 0.465 e. The van der Waals surface area contributed by atoms with E-state index in [4.69, 9.17) is 10.5 Å². The fraction of sp³-hybridized carbons (Fsp3) is 0.533. The van der Waals surface area contributed by atoms with Gasteiger partial charge in [0.2, 0.25) is 0 Å². The van der Waals surface area contributed by atoms with E-state index in [0.717, 1.165) is 17.5 Å². The molecule has 2 fully saturated rings. The van der Waals surface area contributed by atoms with Crippen molar-refractivity contribution in [3.05, 3.63) is 23.8 Å². The Balaban J connectivity index is 1.78. The molecular formula is C15H20N2O2. The van der Waals surface area contributed by atoms with E-state index in [2.05, 4.69) is 5.32 Å². The van der Waals surface area contributed by atoms with Crippen molar-refractivity contribution in [2.45, 2.75) is 31.7 Å². The van der Waals surface area contributed by atoms with Crippen molar-refractivity contribution in [3.63, 3.8) is 0 Å². The lowest BCUT2D eigenvalue weighted by Gasteiger charge is -2.25. The molecule has 0 amide bonds. The average Bonchev–Trinajstić information content (AvgIpc) is 3.02. The van der Waals surface area contributed by atoms with Gasteiger partial charge < -0.3 is 15.8 Å². The lowest BCUT2D eigenvalue weighted by atomic mass is 9.95. The van der Waals surface area contributed by atoms with Gasteiger partial charge in [0.15, 0.2) is 0 Å². The number of anilines is 2. The molecule has 0 heterocycles. The van der Waals surface area contributed by atoms with Crippen LogP contribution in [0.5, 0.6) is 0 Å². The first-order chi connectivity index (χ1) is 9.17. The van der Waals surface area contributed by atoms with Crippen LogP contribution >= 0.6 is 0 Å². The molecular weight excluding hydrogens is 240 g/mol. The number of carbonyl (C=O) groups is 1. The number of rotatable bonds is 3. The summed E-state index contributed by atoms with van der Waals surface area (Å²) >= 11 is 0. The number of carbonyl (C=O) groups excluding carboxylic acids is 1. The van der Waals surface area contributed by atoms with E-state index in [1.54, 1.807) is 18.2 Å². The average molecular weight is 260 g/mol. The minimum Gasteiger partial charge on any atom is -0.465 e. The summed E-state index contributed by atoms with van der Waals surface area (Å²) in [4.78, 5) is 11.6. The number of esters is 1. The summed E-state index contributed by atoms with van der Waals surface area (Å²) in [5.41, 5.74) is 8.09. The molecule has 3 N–H and O–H groups in total. The highest BCUT2D eigenvalue weighted by molar-refractivity contribution is 5.92. The molecule has 3 rings (SSSR count). The van der Waals surface area contributed by atoms with Crippen molar-refractivity contribution >= 4 is 17.3 Å². The van der Waals surface area contributed by atoms with Crippen LogP contribution in [0.15, 0.2) is 18.2 Å². The van der Waals surface area contributed by atoms with Gasteiger partial charge >= 0.3 is 5.97 Å². The lowest BCUT2D eigenvalue weighted by molar-refractivity contribution is 0.0601. The Morgan fingerprint density at radius 2 is 2.21 bits per heavy atom. The van der Waals surface area contributed by atoms with Gasteiger partial charge in [0.1, 0.15) is 0 Å². The maximum atomic E-state index is 11.6. The van der Waals surface area contributed by atoms with E-state index in [1.807, 2.05) is 0 Å². The third-order valence-electron chi connectivity index (χ3n) is 4.55. The molecule has 3 unspecified atom stereocenters. The summed E-state index contributed by atoms with van der Waals surface area (Å²) in [7, 11) is 1.39. The number of nitrogens with two attached hydrogens (primary N) is 1. The van der Waals surface area contributed by atoms with E-state index < -0.39 is 0 Å². The van der Waals surface area contributed by atoms with Gasteiger partial charge in [0.25, 0.3) is 0 Å². The summed E-state index contributed by atoms with van der Waals surface area (Å²) in [5.74, 6) is 1.33. The minimum absolute atomic E-state index is 0.323. The zero-order valence-electron chi connectivity index (χ0n) is 11.2. The van der Waals surface area contributed by atoms with Crippen molar-refractivity contribution in [2.75, 3.05) is 18.2 Å². The second kappa shape index (κ2) is 4.76. The Morgan fingerprint density at radius 1 is 1.37 bits per heavy atom. The number of benzene rings is 1. The first-order valence-corrected chi connectivity index (χ1v) is 6.91. The molecule has 19 heavy (non-hydrogen) atoms. The van der Waals surface area contributed by atoms with E-state index in [1.165, 1.54) is 32.8 Å². The van der Waals surface area contributed by atoms with Crippen molar-refractivity contribution in [3.8, 4) is 0 Å². The number of nitrogen functional groups attached to an aromatic ring is 1. The van der Waals surface area contributed by atoms with Gasteiger partial charge in [-0.25, -0.2) is 4.79 Å². The number of nitrogens with one attached hydrogen (secondary N) is 1. The summed E-state index contributed by atoms with van der Waals surface area (Å²) in [6.07, 6.45) is 5.26. The molecule has 1 aromatic rings. The van der Waals surface area contributed by atoms with Gasteiger partial charge in [0, 0.05) is 6.04 Å². The number of fused-ring (bicyclic) bond motifs is 2. The maximum absolute atomic E-state index is 11.6. The molecule has 4 nitrogen and oxygen atoms in total. The SMILES string of the molecule is COC(=O)c1ccc(N)c(NC2CC3CCC2C3)c1. The fourth-order valence-electron chi connectivity index (χ4n) is 3.55. The number of methoxy groups -OCH3 is 1. The molecule has 0 saturated heterocycles. The van der Waals surface area contributed by atoms with Gasteiger partial charge in [-0.2, -0.15) is 0 Å². The van der Waals surface area contributed by atoms with Gasteiger partial charge in [-0.1, -0.05) is 6.42 Å². The van der Waals surface area contributed by atoms with Crippen LogP contribution in [0.1, 0.15) is 36.0 Å². The van der Waals surface area contributed by atoms with Crippen molar-refractivity contribution < 1.29 is 9.53 Å². The highest BCUT2D eigenvalue weighted by Crippen LogP contribution is 2.45. The van der Waals surface area contributed by atoms with Crippen molar-refractivity contribution in [2.24, 2.45) is 11.8 Å². The monoisotopic (exact) mass is 260 g/mol. The zero-order chi connectivity index (χ0) is 13.4. The number of hydrogen-bond acceptors (Lipinski definition) is 4.